The monoisotopic (exact) mass is 246 g/mol. The first-order valence-corrected chi connectivity index (χ1v) is 5.34. The van der Waals surface area contributed by atoms with Gasteiger partial charge in [0.1, 0.15) is 0 Å². The molecule has 0 amide bonds. The minimum absolute atomic E-state index is 0.0716. The van der Waals surface area contributed by atoms with E-state index in [1.54, 1.807) is 0 Å². The highest BCUT2D eigenvalue weighted by atomic mass is 19.4. The fraction of sp³-hybridized carbons (Fsp3) is 0.500. The topological polar surface area (TPSA) is 15.3 Å². The lowest BCUT2D eigenvalue weighted by atomic mass is 10.0. The summed E-state index contributed by atoms with van der Waals surface area (Å²) in [6, 6.07) is 5.39. The summed E-state index contributed by atoms with van der Waals surface area (Å²) in [6.07, 6.45) is -4.27. The van der Waals surface area contributed by atoms with E-state index in [2.05, 4.69) is 5.32 Å². The molecule has 5 heteroatoms. The summed E-state index contributed by atoms with van der Waals surface area (Å²) in [5.74, 6) is 0. The maximum atomic E-state index is 12.4. The standard InChI is InChI=1S/C12H17F3N2/c1-16-8-11(17(2)3)9-4-6-10(7-5-9)12(13,14)15/h4-7,11,16H,8H2,1-3H3. The third-order valence-electron chi connectivity index (χ3n) is 2.64. The minimum Gasteiger partial charge on any atom is -0.318 e. The fourth-order valence-electron chi connectivity index (χ4n) is 1.69. The summed E-state index contributed by atoms with van der Waals surface area (Å²) in [5, 5.41) is 3.03. The molecule has 0 aromatic heterocycles. The van der Waals surface area contributed by atoms with Crippen LogP contribution in [0.4, 0.5) is 13.2 Å². The molecule has 0 bridgehead atoms. The van der Waals surface area contributed by atoms with Gasteiger partial charge in [0.15, 0.2) is 0 Å². The number of likely N-dealkylation sites (N-methyl/N-ethyl adjacent to an activating group) is 2. The Hall–Kier alpha value is -1.07. The van der Waals surface area contributed by atoms with Gasteiger partial charge in [0.2, 0.25) is 0 Å². The Morgan fingerprint density at radius 3 is 2.06 bits per heavy atom. The highest BCUT2D eigenvalue weighted by Gasteiger charge is 2.30. The van der Waals surface area contributed by atoms with Gasteiger partial charge < -0.3 is 10.2 Å². The van der Waals surface area contributed by atoms with Gasteiger partial charge in [-0.25, -0.2) is 0 Å². The molecule has 0 fully saturated rings. The molecule has 0 saturated heterocycles. The molecule has 0 spiro atoms. The van der Waals surface area contributed by atoms with E-state index >= 15 is 0 Å². The fourth-order valence-corrected chi connectivity index (χ4v) is 1.69. The van der Waals surface area contributed by atoms with Crippen molar-refractivity contribution in [1.29, 1.82) is 0 Å². The Labute approximate surface area is 99.4 Å². The predicted molar refractivity (Wildman–Crippen MR) is 61.8 cm³/mol. The molecule has 1 N–H and O–H groups in total. The van der Waals surface area contributed by atoms with E-state index < -0.39 is 11.7 Å². The average molecular weight is 246 g/mol. The molecule has 0 aliphatic heterocycles. The van der Waals surface area contributed by atoms with Crippen molar-refractivity contribution in [1.82, 2.24) is 10.2 Å². The summed E-state index contributed by atoms with van der Waals surface area (Å²) in [5.41, 5.74) is 0.264. The Bertz CT molecular complexity index is 344. The molecular weight excluding hydrogens is 229 g/mol. The second-order valence-corrected chi connectivity index (χ2v) is 4.16. The van der Waals surface area contributed by atoms with Gasteiger partial charge >= 0.3 is 6.18 Å². The normalized spacial score (nSPS) is 14.1. The van der Waals surface area contributed by atoms with Crippen molar-refractivity contribution in [2.75, 3.05) is 27.7 Å². The SMILES string of the molecule is CNCC(c1ccc(C(F)(F)F)cc1)N(C)C. The van der Waals surface area contributed by atoms with Crippen LogP contribution in [0, 0.1) is 0 Å². The van der Waals surface area contributed by atoms with Crippen LogP contribution in [0.2, 0.25) is 0 Å². The van der Waals surface area contributed by atoms with Crippen LogP contribution in [-0.4, -0.2) is 32.6 Å². The highest BCUT2D eigenvalue weighted by Crippen LogP contribution is 2.30. The van der Waals surface area contributed by atoms with Gasteiger partial charge in [-0.3, -0.25) is 0 Å². The van der Waals surface area contributed by atoms with Crippen molar-refractivity contribution in [2.24, 2.45) is 0 Å². The molecule has 1 aromatic carbocycles. The molecule has 0 aliphatic rings. The molecule has 96 valence electrons. The van der Waals surface area contributed by atoms with Crippen LogP contribution in [0.1, 0.15) is 17.2 Å². The van der Waals surface area contributed by atoms with Crippen molar-refractivity contribution in [3.8, 4) is 0 Å². The number of benzene rings is 1. The lowest BCUT2D eigenvalue weighted by molar-refractivity contribution is -0.137. The van der Waals surface area contributed by atoms with Crippen LogP contribution in [-0.2, 0) is 6.18 Å². The Kier molecular flexibility index (Phi) is 4.54. The van der Waals surface area contributed by atoms with Crippen LogP contribution < -0.4 is 5.32 Å². The average Bonchev–Trinajstić information content (AvgIpc) is 2.24. The van der Waals surface area contributed by atoms with E-state index in [0.29, 0.717) is 6.54 Å². The van der Waals surface area contributed by atoms with Crippen LogP contribution in [0.25, 0.3) is 0 Å². The quantitative estimate of drug-likeness (QED) is 0.878. The third-order valence-corrected chi connectivity index (χ3v) is 2.64. The predicted octanol–water partition coefficient (Wildman–Crippen LogP) is 2.53. The number of hydrogen-bond acceptors (Lipinski definition) is 2. The molecular formula is C12H17F3N2. The number of alkyl halides is 3. The lowest BCUT2D eigenvalue weighted by Gasteiger charge is -2.24. The zero-order valence-electron chi connectivity index (χ0n) is 10.2. The van der Waals surface area contributed by atoms with Crippen molar-refractivity contribution >= 4 is 0 Å². The van der Waals surface area contributed by atoms with Gasteiger partial charge in [-0.2, -0.15) is 13.2 Å². The van der Waals surface area contributed by atoms with E-state index in [-0.39, 0.29) is 6.04 Å². The van der Waals surface area contributed by atoms with Gasteiger partial charge in [0.05, 0.1) is 5.56 Å². The molecule has 2 nitrogen and oxygen atoms in total. The largest absolute Gasteiger partial charge is 0.416 e. The zero-order valence-corrected chi connectivity index (χ0v) is 10.2. The molecule has 1 unspecified atom stereocenters. The zero-order chi connectivity index (χ0) is 13.1. The highest BCUT2D eigenvalue weighted by molar-refractivity contribution is 5.27. The smallest absolute Gasteiger partial charge is 0.318 e. The maximum absolute atomic E-state index is 12.4. The van der Waals surface area contributed by atoms with Crippen molar-refractivity contribution in [3.05, 3.63) is 35.4 Å². The molecule has 1 aromatic rings. The van der Waals surface area contributed by atoms with Crippen molar-refractivity contribution in [2.45, 2.75) is 12.2 Å². The van der Waals surface area contributed by atoms with Crippen LogP contribution >= 0.6 is 0 Å². The molecule has 17 heavy (non-hydrogen) atoms. The minimum atomic E-state index is -4.27. The first-order chi connectivity index (χ1) is 7.86. The van der Waals surface area contributed by atoms with Crippen LogP contribution in [0.3, 0.4) is 0 Å². The summed E-state index contributed by atoms with van der Waals surface area (Å²) in [6.45, 7) is 0.693. The summed E-state index contributed by atoms with van der Waals surface area (Å²) in [4.78, 5) is 1.97. The second kappa shape index (κ2) is 5.51. The number of hydrogen-bond donors (Lipinski definition) is 1. The van der Waals surface area contributed by atoms with Gasteiger partial charge in [-0.15, -0.1) is 0 Å². The lowest BCUT2D eigenvalue weighted by Crippen LogP contribution is -2.29. The second-order valence-electron chi connectivity index (χ2n) is 4.16. The molecule has 1 atom stereocenters. The summed E-state index contributed by atoms with van der Waals surface area (Å²) in [7, 11) is 5.62. The van der Waals surface area contributed by atoms with Crippen molar-refractivity contribution < 1.29 is 13.2 Å². The van der Waals surface area contributed by atoms with E-state index in [9.17, 15) is 13.2 Å². The van der Waals surface area contributed by atoms with E-state index in [1.807, 2.05) is 26.0 Å². The molecule has 0 saturated carbocycles. The van der Waals surface area contributed by atoms with Crippen LogP contribution in [0.15, 0.2) is 24.3 Å². The Balaban J connectivity index is 2.92. The van der Waals surface area contributed by atoms with Crippen LogP contribution in [0.5, 0.6) is 0 Å². The van der Waals surface area contributed by atoms with Gasteiger partial charge in [-0.1, -0.05) is 12.1 Å². The maximum Gasteiger partial charge on any atom is 0.416 e. The third kappa shape index (κ3) is 3.71. The van der Waals surface area contributed by atoms with Gasteiger partial charge in [0, 0.05) is 12.6 Å². The number of halogens is 3. The molecule has 0 aliphatic carbocycles. The van der Waals surface area contributed by atoms with E-state index in [4.69, 9.17) is 0 Å². The van der Waals surface area contributed by atoms with Crippen molar-refractivity contribution in [3.63, 3.8) is 0 Å². The number of rotatable bonds is 4. The number of nitrogens with zero attached hydrogens (tertiary/aromatic N) is 1. The Morgan fingerprint density at radius 2 is 1.71 bits per heavy atom. The first-order valence-electron chi connectivity index (χ1n) is 5.34. The van der Waals surface area contributed by atoms with Gasteiger partial charge in [0.25, 0.3) is 0 Å². The molecule has 1 rings (SSSR count). The Morgan fingerprint density at radius 1 is 1.18 bits per heavy atom. The van der Waals surface area contributed by atoms with E-state index in [0.717, 1.165) is 17.7 Å². The van der Waals surface area contributed by atoms with E-state index in [1.165, 1.54) is 12.1 Å². The summed E-state index contributed by atoms with van der Waals surface area (Å²) < 4.78 is 37.2. The van der Waals surface area contributed by atoms with Gasteiger partial charge in [-0.05, 0) is 38.8 Å². The molecule has 0 radical (unpaired) electrons. The number of nitrogens with one attached hydrogen (secondary N) is 1. The molecule has 0 heterocycles. The first kappa shape index (κ1) is 14.0. The summed E-state index contributed by atoms with van der Waals surface area (Å²) >= 11 is 0.